The van der Waals surface area contributed by atoms with Crippen LogP contribution in [-0.4, -0.2) is 20.0 Å². The average molecular weight is 164 g/mol. The van der Waals surface area contributed by atoms with Crippen LogP contribution in [0.5, 0.6) is 0 Å². The molecule has 0 saturated heterocycles. The van der Waals surface area contributed by atoms with E-state index in [4.69, 9.17) is 4.74 Å². The number of carbonyl (C=O) groups excluding carboxylic acids is 1. The smallest absolute Gasteiger partial charge is 0.129 e. The van der Waals surface area contributed by atoms with Crippen molar-refractivity contribution < 1.29 is 9.53 Å². The molecule has 0 amide bonds. The van der Waals surface area contributed by atoms with Gasteiger partial charge in [-0.25, -0.2) is 0 Å². The maximum absolute atomic E-state index is 10.6. The quantitative estimate of drug-likeness (QED) is 0.632. The first kappa shape index (κ1) is 8.94. The third-order valence-corrected chi connectivity index (χ3v) is 1.74. The molecule has 1 aromatic carbocycles. The van der Waals surface area contributed by atoms with Gasteiger partial charge in [0, 0.05) is 7.11 Å². The Morgan fingerprint density at radius 1 is 1.42 bits per heavy atom. The molecule has 12 heavy (non-hydrogen) atoms. The third kappa shape index (κ3) is 2.17. The zero-order valence-electron chi connectivity index (χ0n) is 7.07. The van der Waals surface area contributed by atoms with Crippen molar-refractivity contribution in [3.05, 3.63) is 35.9 Å². The van der Waals surface area contributed by atoms with Crippen molar-refractivity contribution in [2.24, 2.45) is 0 Å². The van der Waals surface area contributed by atoms with Gasteiger partial charge in [-0.1, -0.05) is 30.3 Å². The van der Waals surface area contributed by atoms with Crippen LogP contribution in [0.1, 0.15) is 11.5 Å². The molecule has 2 heteroatoms. The van der Waals surface area contributed by atoms with Gasteiger partial charge in [0.25, 0.3) is 0 Å². The lowest BCUT2D eigenvalue weighted by atomic mass is 10.0. The Labute approximate surface area is 72.2 Å². The number of carbonyl (C=O) groups is 1. The van der Waals surface area contributed by atoms with Gasteiger partial charge in [0.05, 0.1) is 12.5 Å². The van der Waals surface area contributed by atoms with E-state index in [0.717, 1.165) is 11.8 Å². The molecule has 0 heterocycles. The minimum atomic E-state index is -0.129. The second-order valence-electron chi connectivity index (χ2n) is 2.61. The predicted molar refractivity (Wildman–Crippen MR) is 47.1 cm³/mol. The monoisotopic (exact) mass is 164 g/mol. The highest BCUT2D eigenvalue weighted by atomic mass is 16.5. The fourth-order valence-electron chi connectivity index (χ4n) is 1.09. The molecule has 2 nitrogen and oxygen atoms in total. The Bertz CT molecular complexity index is 231. The Morgan fingerprint density at radius 2 is 2.08 bits per heavy atom. The molecule has 0 N–H and O–H groups in total. The molecule has 1 aromatic rings. The van der Waals surface area contributed by atoms with Gasteiger partial charge in [-0.15, -0.1) is 0 Å². The first-order valence-corrected chi connectivity index (χ1v) is 3.87. The minimum Gasteiger partial charge on any atom is -0.384 e. The molecule has 1 atom stereocenters. The standard InChI is InChI=1S/C10H12O2/c1-12-8-10(7-11)9-5-3-2-4-6-9/h2-7,10H,8H2,1H3. The van der Waals surface area contributed by atoms with Crippen molar-refractivity contribution in [1.29, 1.82) is 0 Å². The Kier molecular flexibility index (Phi) is 3.48. The van der Waals surface area contributed by atoms with Crippen molar-refractivity contribution in [2.75, 3.05) is 13.7 Å². The maximum atomic E-state index is 10.6. The van der Waals surface area contributed by atoms with Crippen LogP contribution in [0.15, 0.2) is 30.3 Å². The first-order valence-electron chi connectivity index (χ1n) is 3.87. The van der Waals surface area contributed by atoms with E-state index < -0.39 is 0 Å². The predicted octanol–water partition coefficient (Wildman–Crippen LogP) is 1.62. The Hall–Kier alpha value is -1.15. The van der Waals surface area contributed by atoms with Gasteiger partial charge >= 0.3 is 0 Å². The largest absolute Gasteiger partial charge is 0.384 e. The third-order valence-electron chi connectivity index (χ3n) is 1.74. The molecule has 0 aliphatic carbocycles. The van der Waals surface area contributed by atoms with Crippen LogP contribution in [0, 0.1) is 0 Å². The zero-order chi connectivity index (χ0) is 8.81. The summed E-state index contributed by atoms with van der Waals surface area (Å²) in [6.07, 6.45) is 0.916. The lowest BCUT2D eigenvalue weighted by molar-refractivity contribution is -0.110. The SMILES string of the molecule is COCC(C=O)c1ccccc1. The van der Waals surface area contributed by atoms with E-state index in [-0.39, 0.29) is 5.92 Å². The van der Waals surface area contributed by atoms with Crippen LogP contribution in [0.2, 0.25) is 0 Å². The van der Waals surface area contributed by atoms with E-state index in [1.54, 1.807) is 7.11 Å². The van der Waals surface area contributed by atoms with E-state index in [1.807, 2.05) is 30.3 Å². The molecule has 0 aliphatic rings. The molecule has 0 radical (unpaired) electrons. The molecule has 0 aliphatic heterocycles. The highest BCUT2D eigenvalue weighted by Crippen LogP contribution is 2.12. The highest BCUT2D eigenvalue weighted by molar-refractivity contribution is 5.62. The van der Waals surface area contributed by atoms with Gasteiger partial charge in [-0.3, -0.25) is 0 Å². The van der Waals surface area contributed by atoms with Crippen LogP contribution < -0.4 is 0 Å². The van der Waals surface area contributed by atoms with Crippen LogP contribution in [0.25, 0.3) is 0 Å². The molecular formula is C10H12O2. The fourth-order valence-corrected chi connectivity index (χ4v) is 1.09. The lowest BCUT2D eigenvalue weighted by Gasteiger charge is -2.07. The normalized spacial score (nSPS) is 12.4. The summed E-state index contributed by atoms with van der Waals surface area (Å²) < 4.78 is 4.92. The van der Waals surface area contributed by atoms with E-state index in [1.165, 1.54) is 0 Å². The molecular weight excluding hydrogens is 152 g/mol. The van der Waals surface area contributed by atoms with Gasteiger partial charge in [0.1, 0.15) is 6.29 Å². The second-order valence-corrected chi connectivity index (χ2v) is 2.61. The summed E-state index contributed by atoms with van der Waals surface area (Å²) in [5.74, 6) is -0.129. The maximum Gasteiger partial charge on any atom is 0.129 e. The van der Waals surface area contributed by atoms with E-state index in [9.17, 15) is 4.79 Å². The van der Waals surface area contributed by atoms with E-state index in [2.05, 4.69) is 0 Å². The lowest BCUT2D eigenvalue weighted by Crippen LogP contribution is -2.07. The summed E-state index contributed by atoms with van der Waals surface area (Å²) in [4.78, 5) is 10.6. The molecule has 0 bridgehead atoms. The minimum absolute atomic E-state index is 0.129. The number of methoxy groups -OCH3 is 1. The van der Waals surface area contributed by atoms with Crippen molar-refractivity contribution in [1.82, 2.24) is 0 Å². The van der Waals surface area contributed by atoms with Crippen LogP contribution in [-0.2, 0) is 9.53 Å². The molecule has 64 valence electrons. The van der Waals surface area contributed by atoms with Gasteiger partial charge < -0.3 is 9.53 Å². The first-order chi connectivity index (χ1) is 5.88. The van der Waals surface area contributed by atoms with Crippen molar-refractivity contribution in [3.63, 3.8) is 0 Å². The Balaban J connectivity index is 2.73. The number of ether oxygens (including phenoxy) is 1. The average Bonchev–Trinajstić information content (AvgIpc) is 2.15. The van der Waals surface area contributed by atoms with Crippen LogP contribution >= 0.6 is 0 Å². The molecule has 0 aromatic heterocycles. The number of aldehydes is 1. The van der Waals surface area contributed by atoms with E-state index >= 15 is 0 Å². The van der Waals surface area contributed by atoms with Gasteiger partial charge in [0.2, 0.25) is 0 Å². The Morgan fingerprint density at radius 3 is 2.58 bits per heavy atom. The number of hydrogen-bond donors (Lipinski definition) is 0. The number of hydrogen-bond acceptors (Lipinski definition) is 2. The van der Waals surface area contributed by atoms with Gasteiger partial charge in [0.15, 0.2) is 0 Å². The van der Waals surface area contributed by atoms with Gasteiger partial charge in [-0.2, -0.15) is 0 Å². The van der Waals surface area contributed by atoms with Crippen molar-refractivity contribution in [2.45, 2.75) is 5.92 Å². The van der Waals surface area contributed by atoms with E-state index in [0.29, 0.717) is 6.61 Å². The van der Waals surface area contributed by atoms with Crippen molar-refractivity contribution in [3.8, 4) is 0 Å². The van der Waals surface area contributed by atoms with Crippen LogP contribution in [0.4, 0.5) is 0 Å². The van der Waals surface area contributed by atoms with Crippen molar-refractivity contribution >= 4 is 6.29 Å². The summed E-state index contributed by atoms with van der Waals surface area (Å²) in [6.45, 7) is 0.452. The number of rotatable bonds is 4. The topological polar surface area (TPSA) is 26.3 Å². The summed E-state index contributed by atoms with van der Waals surface area (Å²) in [5.41, 5.74) is 1.01. The molecule has 0 spiro atoms. The number of benzene rings is 1. The molecule has 1 rings (SSSR count). The summed E-state index contributed by atoms with van der Waals surface area (Å²) in [7, 11) is 1.60. The summed E-state index contributed by atoms with van der Waals surface area (Å²) in [6, 6.07) is 9.62. The summed E-state index contributed by atoms with van der Waals surface area (Å²) >= 11 is 0. The second kappa shape index (κ2) is 4.67. The van der Waals surface area contributed by atoms with Gasteiger partial charge in [-0.05, 0) is 5.56 Å². The fraction of sp³-hybridized carbons (Fsp3) is 0.300. The molecule has 0 saturated carbocycles. The molecule has 1 unspecified atom stereocenters. The van der Waals surface area contributed by atoms with Crippen LogP contribution in [0.3, 0.4) is 0 Å². The highest BCUT2D eigenvalue weighted by Gasteiger charge is 2.07. The molecule has 0 fully saturated rings. The zero-order valence-corrected chi connectivity index (χ0v) is 7.07. The summed E-state index contributed by atoms with van der Waals surface area (Å²) in [5, 5.41) is 0.